The van der Waals surface area contributed by atoms with Crippen LogP contribution in [0.15, 0.2) is 0 Å². The molecule has 0 saturated carbocycles. The van der Waals surface area contributed by atoms with Crippen LogP contribution in [0.1, 0.15) is 6.42 Å². The van der Waals surface area contributed by atoms with Crippen LogP contribution in [0, 0.1) is 5.41 Å². The second-order valence-corrected chi connectivity index (χ2v) is 1.38. The molecule has 0 saturated heterocycles. The monoisotopic (exact) mass is 151 g/mol. The van der Waals surface area contributed by atoms with Crippen molar-refractivity contribution in [2.24, 2.45) is 5.73 Å². The summed E-state index contributed by atoms with van der Waals surface area (Å²) in [7, 11) is 1.51. The lowest BCUT2D eigenvalue weighted by Gasteiger charge is -1.93. The lowest BCUT2D eigenvalue weighted by Crippen LogP contribution is -2.24. The molecule has 0 rings (SSSR count). The van der Waals surface area contributed by atoms with Crippen molar-refractivity contribution in [2.75, 3.05) is 7.05 Å². The minimum atomic E-state index is -0.225. The lowest BCUT2D eigenvalue weighted by molar-refractivity contribution is -0.119. The fourth-order valence-corrected chi connectivity index (χ4v) is 0.261. The predicted molar refractivity (Wildman–Crippen MR) is 37.8 cm³/mol. The Morgan fingerprint density at radius 3 is 2.33 bits per heavy atom. The summed E-state index contributed by atoms with van der Waals surface area (Å²) in [6.07, 6.45) is -0.00347. The third-order valence-electron chi connectivity index (χ3n) is 0.630. The zero-order valence-corrected chi connectivity index (χ0v) is 5.92. The molecular formula is C4H10ClN3O. The van der Waals surface area contributed by atoms with Crippen LogP contribution in [0.3, 0.4) is 0 Å². The summed E-state index contributed by atoms with van der Waals surface area (Å²) in [5, 5.41) is 8.98. The van der Waals surface area contributed by atoms with Gasteiger partial charge in [0.15, 0.2) is 0 Å². The summed E-state index contributed by atoms with van der Waals surface area (Å²) in [5.74, 6) is -0.332. The highest BCUT2D eigenvalue weighted by molar-refractivity contribution is 5.97. The van der Waals surface area contributed by atoms with Crippen LogP contribution in [0.25, 0.3) is 0 Å². The van der Waals surface area contributed by atoms with Crippen molar-refractivity contribution in [1.82, 2.24) is 5.32 Å². The summed E-state index contributed by atoms with van der Waals surface area (Å²) in [4.78, 5) is 10.3. The van der Waals surface area contributed by atoms with Crippen molar-refractivity contribution in [3.8, 4) is 0 Å². The zero-order valence-electron chi connectivity index (χ0n) is 5.10. The van der Waals surface area contributed by atoms with Crippen molar-refractivity contribution >= 4 is 24.1 Å². The van der Waals surface area contributed by atoms with Crippen LogP contribution >= 0.6 is 12.4 Å². The van der Waals surface area contributed by atoms with Crippen LogP contribution in [0.2, 0.25) is 0 Å². The highest BCUT2D eigenvalue weighted by Gasteiger charge is 1.96. The first-order valence-electron chi connectivity index (χ1n) is 2.20. The fraction of sp³-hybridized carbons (Fsp3) is 0.500. The molecule has 0 fully saturated rings. The summed E-state index contributed by atoms with van der Waals surface area (Å²) in [6.45, 7) is 0. The van der Waals surface area contributed by atoms with Crippen molar-refractivity contribution in [2.45, 2.75) is 6.42 Å². The van der Waals surface area contributed by atoms with Crippen LogP contribution in [-0.4, -0.2) is 18.8 Å². The van der Waals surface area contributed by atoms with E-state index in [0.717, 1.165) is 0 Å². The fourth-order valence-electron chi connectivity index (χ4n) is 0.261. The van der Waals surface area contributed by atoms with Gasteiger partial charge in [-0.05, 0) is 0 Å². The molecule has 0 spiro atoms. The molecule has 0 aromatic rings. The average molecular weight is 152 g/mol. The Morgan fingerprint density at radius 2 is 2.22 bits per heavy atom. The van der Waals surface area contributed by atoms with Crippen LogP contribution in [0.5, 0.6) is 0 Å². The van der Waals surface area contributed by atoms with E-state index in [0.29, 0.717) is 0 Å². The highest BCUT2D eigenvalue weighted by Crippen LogP contribution is 1.73. The van der Waals surface area contributed by atoms with Gasteiger partial charge in [-0.3, -0.25) is 10.2 Å². The molecule has 0 aromatic carbocycles. The Morgan fingerprint density at radius 1 is 1.78 bits per heavy atom. The van der Waals surface area contributed by atoms with Gasteiger partial charge in [0.2, 0.25) is 5.91 Å². The molecule has 0 aliphatic rings. The highest BCUT2D eigenvalue weighted by atomic mass is 35.5. The minimum Gasteiger partial charge on any atom is -0.387 e. The molecule has 0 aliphatic carbocycles. The van der Waals surface area contributed by atoms with E-state index in [4.69, 9.17) is 11.1 Å². The minimum absolute atomic E-state index is 0. The molecule has 0 bridgehead atoms. The molecule has 0 aliphatic heterocycles. The molecule has 4 N–H and O–H groups in total. The second kappa shape index (κ2) is 5.37. The molecule has 0 radical (unpaired) electrons. The number of nitrogens with two attached hydrogens (primary N) is 1. The SMILES string of the molecule is CNC(=O)CC(=N)N.Cl. The van der Waals surface area contributed by atoms with Crippen molar-refractivity contribution in [3.63, 3.8) is 0 Å². The summed E-state index contributed by atoms with van der Waals surface area (Å²) in [5.41, 5.74) is 4.89. The molecule has 0 aromatic heterocycles. The van der Waals surface area contributed by atoms with E-state index >= 15 is 0 Å². The quantitative estimate of drug-likeness (QED) is 0.367. The number of carbonyl (C=O) groups is 1. The topological polar surface area (TPSA) is 79.0 Å². The molecule has 0 atom stereocenters. The second-order valence-electron chi connectivity index (χ2n) is 1.38. The zero-order chi connectivity index (χ0) is 6.57. The van der Waals surface area contributed by atoms with Crippen molar-refractivity contribution in [3.05, 3.63) is 0 Å². The van der Waals surface area contributed by atoms with E-state index in [9.17, 15) is 4.79 Å². The average Bonchev–Trinajstić information content (AvgIpc) is 1.65. The third-order valence-corrected chi connectivity index (χ3v) is 0.630. The van der Waals surface area contributed by atoms with E-state index < -0.39 is 0 Å². The van der Waals surface area contributed by atoms with Gasteiger partial charge in [0.05, 0.1) is 12.3 Å². The van der Waals surface area contributed by atoms with Gasteiger partial charge in [-0.15, -0.1) is 12.4 Å². The van der Waals surface area contributed by atoms with Gasteiger partial charge >= 0.3 is 0 Å². The summed E-state index contributed by atoms with van der Waals surface area (Å²) < 4.78 is 0. The van der Waals surface area contributed by atoms with E-state index in [-0.39, 0.29) is 30.6 Å². The molecule has 5 heteroatoms. The van der Waals surface area contributed by atoms with Gasteiger partial charge < -0.3 is 11.1 Å². The van der Waals surface area contributed by atoms with Gasteiger partial charge in [0.1, 0.15) is 0 Å². The largest absolute Gasteiger partial charge is 0.387 e. The normalized spacial score (nSPS) is 7.22. The Bertz CT molecular complexity index is 114. The Hall–Kier alpha value is -0.770. The van der Waals surface area contributed by atoms with Crippen LogP contribution < -0.4 is 11.1 Å². The number of nitrogens with one attached hydrogen (secondary N) is 2. The number of hydrogen-bond donors (Lipinski definition) is 3. The molecule has 9 heavy (non-hydrogen) atoms. The Balaban J connectivity index is 0. The van der Waals surface area contributed by atoms with Crippen LogP contribution in [-0.2, 0) is 4.79 Å². The maximum absolute atomic E-state index is 10.3. The van der Waals surface area contributed by atoms with Gasteiger partial charge in [0, 0.05) is 7.05 Å². The van der Waals surface area contributed by atoms with Crippen molar-refractivity contribution < 1.29 is 4.79 Å². The smallest absolute Gasteiger partial charge is 0.227 e. The number of carbonyl (C=O) groups excluding carboxylic acids is 1. The maximum Gasteiger partial charge on any atom is 0.227 e. The van der Waals surface area contributed by atoms with E-state index in [1.54, 1.807) is 0 Å². The summed E-state index contributed by atoms with van der Waals surface area (Å²) >= 11 is 0. The maximum atomic E-state index is 10.3. The molecule has 0 heterocycles. The molecule has 54 valence electrons. The summed E-state index contributed by atoms with van der Waals surface area (Å²) in [6, 6.07) is 0. The van der Waals surface area contributed by atoms with Crippen LogP contribution in [0.4, 0.5) is 0 Å². The number of amidine groups is 1. The van der Waals surface area contributed by atoms with Gasteiger partial charge in [-0.25, -0.2) is 0 Å². The number of amides is 1. The third kappa shape index (κ3) is 7.23. The number of hydrogen-bond acceptors (Lipinski definition) is 2. The van der Waals surface area contributed by atoms with E-state index in [1.807, 2.05) is 0 Å². The first-order valence-corrected chi connectivity index (χ1v) is 2.20. The molecule has 0 unspecified atom stereocenters. The lowest BCUT2D eigenvalue weighted by atomic mass is 10.4. The van der Waals surface area contributed by atoms with Crippen molar-refractivity contribution in [1.29, 1.82) is 5.41 Å². The molecule has 4 nitrogen and oxygen atoms in total. The molecule has 1 amide bonds. The number of rotatable bonds is 2. The first-order chi connectivity index (χ1) is 3.66. The predicted octanol–water partition coefficient (Wildman–Crippen LogP) is -0.520. The molecular weight excluding hydrogens is 142 g/mol. The van der Waals surface area contributed by atoms with E-state index in [1.165, 1.54) is 7.05 Å². The van der Waals surface area contributed by atoms with Gasteiger partial charge in [0.25, 0.3) is 0 Å². The Labute approximate surface area is 59.7 Å². The Kier molecular flexibility index (Phi) is 6.61. The van der Waals surface area contributed by atoms with Gasteiger partial charge in [-0.2, -0.15) is 0 Å². The number of halogens is 1. The first kappa shape index (κ1) is 11.1. The van der Waals surface area contributed by atoms with Gasteiger partial charge in [-0.1, -0.05) is 0 Å². The van der Waals surface area contributed by atoms with E-state index in [2.05, 4.69) is 5.32 Å². The standard InChI is InChI=1S/C4H9N3O.ClH/c1-7-4(8)2-3(5)6;/h2H2,1H3,(H3,5,6)(H,7,8);1H.